The molecule has 8 nitrogen and oxygen atoms in total. The molecule has 148 valence electrons. The minimum absolute atomic E-state index is 0.0599. The normalized spacial score (nSPS) is 12.9. The van der Waals surface area contributed by atoms with Crippen molar-refractivity contribution >= 4 is 23.2 Å². The largest absolute Gasteiger partial charge is 0.494 e. The van der Waals surface area contributed by atoms with E-state index in [1.54, 1.807) is 16.8 Å². The Morgan fingerprint density at radius 1 is 1.10 bits per heavy atom. The minimum atomic E-state index is -0.410. The molecule has 29 heavy (non-hydrogen) atoms. The van der Waals surface area contributed by atoms with Crippen LogP contribution in [0.15, 0.2) is 58.8 Å². The summed E-state index contributed by atoms with van der Waals surface area (Å²) in [6, 6.07) is 14.1. The van der Waals surface area contributed by atoms with Gasteiger partial charge in [-0.25, -0.2) is 0 Å². The number of fused-ring (bicyclic) bond motifs is 1. The minimum Gasteiger partial charge on any atom is -0.494 e. The van der Waals surface area contributed by atoms with E-state index in [0.717, 1.165) is 35.4 Å². The van der Waals surface area contributed by atoms with Crippen LogP contribution in [0.2, 0.25) is 0 Å². The number of nitrogens with zero attached hydrogens (tertiary/aromatic N) is 5. The Labute approximate surface area is 171 Å². The molecule has 0 radical (unpaired) electrons. The van der Waals surface area contributed by atoms with E-state index in [1.807, 2.05) is 24.3 Å². The molecule has 0 saturated carbocycles. The van der Waals surface area contributed by atoms with E-state index in [1.165, 1.54) is 23.9 Å². The van der Waals surface area contributed by atoms with Gasteiger partial charge in [-0.3, -0.25) is 10.1 Å². The molecular weight excluding hydrogens is 390 g/mol. The van der Waals surface area contributed by atoms with Crippen LogP contribution in [0.1, 0.15) is 25.3 Å². The number of hydrogen-bond acceptors (Lipinski definition) is 7. The van der Waals surface area contributed by atoms with E-state index in [-0.39, 0.29) is 5.69 Å². The van der Waals surface area contributed by atoms with Gasteiger partial charge >= 0.3 is 0 Å². The Hall–Kier alpha value is -3.20. The molecule has 1 aliphatic rings. The third kappa shape index (κ3) is 4.14. The number of unbranched alkanes of at least 4 members (excludes halogenated alkanes) is 1. The maximum Gasteiger partial charge on any atom is 0.269 e. The van der Waals surface area contributed by atoms with E-state index in [9.17, 15) is 10.1 Å². The Morgan fingerprint density at radius 3 is 2.52 bits per heavy atom. The lowest BCUT2D eigenvalue weighted by Gasteiger charge is -2.14. The SMILES string of the molecule is CCCCOc1ccc(-c2nnc3n2N=C(c2ccc([N+](=O)[O-])cc2)CS3)cc1. The number of hydrogen-bond donors (Lipinski definition) is 0. The summed E-state index contributed by atoms with van der Waals surface area (Å²) in [5, 5.41) is 24.8. The summed E-state index contributed by atoms with van der Waals surface area (Å²) in [7, 11) is 0. The van der Waals surface area contributed by atoms with Crippen molar-refractivity contribution < 1.29 is 9.66 Å². The molecule has 0 bridgehead atoms. The van der Waals surface area contributed by atoms with Crippen LogP contribution >= 0.6 is 11.8 Å². The highest BCUT2D eigenvalue weighted by atomic mass is 32.2. The summed E-state index contributed by atoms with van der Waals surface area (Å²) in [6.07, 6.45) is 2.12. The zero-order valence-electron chi connectivity index (χ0n) is 15.8. The molecule has 2 aromatic carbocycles. The van der Waals surface area contributed by atoms with Crippen LogP contribution in [0, 0.1) is 10.1 Å². The summed E-state index contributed by atoms with van der Waals surface area (Å²) in [5.74, 6) is 2.09. The molecule has 3 aromatic rings. The standard InChI is InChI=1S/C20H19N5O3S/c1-2-3-12-28-17-10-6-15(7-11-17)19-21-22-20-24(19)23-18(13-29-20)14-4-8-16(9-5-14)25(26)27/h4-11H,2-3,12-13H2,1H3. The van der Waals surface area contributed by atoms with Gasteiger partial charge in [-0.05, 0) is 48.4 Å². The Balaban J connectivity index is 1.59. The van der Waals surface area contributed by atoms with Crippen molar-refractivity contribution in [3.8, 4) is 17.1 Å². The number of aromatic nitrogens is 3. The first-order chi connectivity index (χ1) is 14.2. The molecule has 0 amide bonds. The molecule has 1 aliphatic heterocycles. The second kappa shape index (κ2) is 8.44. The summed E-state index contributed by atoms with van der Waals surface area (Å²) in [4.78, 5) is 10.4. The molecular formula is C20H19N5O3S. The molecule has 0 unspecified atom stereocenters. The van der Waals surface area contributed by atoms with Crippen molar-refractivity contribution in [2.75, 3.05) is 12.4 Å². The summed E-state index contributed by atoms with van der Waals surface area (Å²) in [6.45, 7) is 2.83. The number of non-ortho nitro benzene ring substituents is 1. The molecule has 0 spiro atoms. The second-order valence-corrected chi connectivity index (χ2v) is 7.43. The monoisotopic (exact) mass is 409 g/mol. The predicted molar refractivity (Wildman–Crippen MR) is 112 cm³/mol. The predicted octanol–water partition coefficient (Wildman–Crippen LogP) is 4.39. The molecule has 1 aromatic heterocycles. The van der Waals surface area contributed by atoms with Gasteiger partial charge in [0.15, 0.2) is 5.82 Å². The van der Waals surface area contributed by atoms with Crippen molar-refractivity contribution in [3.63, 3.8) is 0 Å². The molecule has 0 N–H and O–H groups in total. The number of nitro groups is 1. The van der Waals surface area contributed by atoms with Crippen molar-refractivity contribution in [1.29, 1.82) is 0 Å². The van der Waals surface area contributed by atoms with E-state index in [0.29, 0.717) is 23.3 Å². The molecule has 4 rings (SSSR count). The third-order valence-corrected chi connectivity index (χ3v) is 5.39. The van der Waals surface area contributed by atoms with Gasteiger partial charge in [0.1, 0.15) is 5.75 Å². The second-order valence-electron chi connectivity index (χ2n) is 6.48. The summed E-state index contributed by atoms with van der Waals surface area (Å²) < 4.78 is 7.43. The van der Waals surface area contributed by atoms with E-state index < -0.39 is 4.92 Å². The Morgan fingerprint density at radius 2 is 1.83 bits per heavy atom. The first-order valence-corrected chi connectivity index (χ1v) is 10.3. The van der Waals surface area contributed by atoms with Gasteiger partial charge in [0.2, 0.25) is 5.16 Å². The van der Waals surface area contributed by atoms with Gasteiger partial charge in [0.25, 0.3) is 5.69 Å². The van der Waals surface area contributed by atoms with E-state index in [2.05, 4.69) is 17.1 Å². The first-order valence-electron chi connectivity index (χ1n) is 9.30. The van der Waals surface area contributed by atoms with Gasteiger partial charge < -0.3 is 4.74 Å². The number of nitro benzene ring substituents is 1. The maximum absolute atomic E-state index is 10.9. The molecule has 2 heterocycles. The maximum atomic E-state index is 10.9. The zero-order valence-corrected chi connectivity index (χ0v) is 16.6. The van der Waals surface area contributed by atoms with Gasteiger partial charge in [0, 0.05) is 23.4 Å². The molecule has 9 heteroatoms. The molecule has 0 atom stereocenters. The zero-order chi connectivity index (χ0) is 20.2. The highest BCUT2D eigenvalue weighted by molar-refractivity contribution is 7.99. The van der Waals surface area contributed by atoms with Crippen LogP contribution in [0.25, 0.3) is 11.4 Å². The molecule has 0 aliphatic carbocycles. The van der Waals surface area contributed by atoms with Gasteiger partial charge in [0.05, 0.1) is 17.2 Å². The van der Waals surface area contributed by atoms with Gasteiger partial charge in [-0.2, -0.15) is 9.78 Å². The van der Waals surface area contributed by atoms with E-state index >= 15 is 0 Å². The third-order valence-electron chi connectivity index (χ3n) is 4.46. The number of ether oxygens (including phenoxy) is 1. The number of benzene rings is 2. The number of thioether (sulfide) groups is 1. The van der Waals surface area contributed by atoms with Crippen molar-refractivity contribution in [1.82, 2.24) is 14.9 Å². The fourth-order valence-electron chi connectivity index (χ4n) is 2.86. The highest BCUT2D eigenvalue weighted by Gasteiger charge is 2.21. The van der Waals surface area contributed by atoms with Crippen LogP contribution in [-0.4, -0.2) is 37.9 Å². The lowest BCUT2D eigenvalue weighted by atomic mass is 10.1. The van der Waals surface area contributed by atoms with Gasteiger partial charge in [-0.1, -0.05) is 25.1 Å². The van der Waals surface area contributed by atoms with Crippen molar-refractivity contribution in [2.24, 2.45) is 5.10 Å². The van der Waals surface area contributed by atoms with Crippen LogP contribution in [-0.2, 0) is 0 Å². The van der Waals surface area contributed by atoms with Crippen LogP contribution < -0.4 is 4.74 Å². The smallest absolute Gasteiger partial charge is 0.269 e. The quantitative estimate of drug-likeness (QED) is 0.326. The average Bonchev–Trinajstić information content (AvgIpc) is 3.18. The van der Waals surface area contributed by atoms with Crippen molar-refractivity contribution in [2.45, 2.75) is 24.9 Å². The summed E-state index contributed by atoms with van der Waals surface area (Å²) >= 11 is 1.53. The lowest BCUT2D eigenvalue weighted by Crippen LogP contribution is -2.13. The van der Waals surface area contributed by atoms with Crippen LogP contribution in [0.4, 0.5) is 5.69 Å². The molecule has 0 saturated heterocycles. The fraction of sp³-hybridized carbons (Fsp3) is 0.250. The topological polar surface area (TPSA) is 95.4 Å². The highest BCUT2D eigenvalue weighted by Crippen LogP contribution is 2.29. The van der Waals surface area contributed by atoms with Crippen LogP contribution in [0.5, 0.6) is 5.75 Å². The number of rotatable bonds is 7. The Kier molecular flexibility index (Phi) is 5.57. The Bertz CT molecular complexity index is 1040. The van der Waals surface area contributed by atoms with Gasteiger partial charge in [-0.15, -0.1) is 10.2 Å². The van der Waals surface area contributed by atoms with Crippen LogP contribution in [0.3, 0.4) is 0 Å². The molecule has 0 fully saturated rings. The lowest BCUT2D eigenvalue weighted by molar-refractivity contribution is -0.384. The average molecular weight is 409 g/mol. The van der Waals surface area contributed by atoms with Crippen molar-refractivity contribution in [3.05, 3.63) is 64.2 Å². The fourth-order valence-corrected chi connectivity index (χ4v) is 3.70. The summed E-state index contributed by atoms with van der Waals surface area (Å²) in [5.41, 5.74) is 2.61. The van der Waals surface area contributed by atoms with E-state index in [4.69, 9.17) is 9.84 Å². The first kappa shape index (κ1) is 19.1.